The molecule has 7 heteroatoms. The lowest BCUT2D eigenvalue weighted by atomic mass is 10.1. The second-order valence-electron chi connectivity index (χ2n) is 4.91. The molecular weight excluding hydrogens is 284 g/mol. The largest absolute Gasteiger partial charge is 0.347 e. The molecule has 0 spiro atoms. The quantitative estimate of drug-likeness (QED) is 0.767. The van der Waals surface area contributed by atoms with Crippen LogP contribution >= 0.6 is 0 Å². The smallest absolute Gasteiger partial charge is 0.297 e. The van der Waals surface area contributed by atoms with Gasteiger partial charge < -0.3 is 9.47 Å². The number of carbonyl (C=O) groups excluding carboxylic acids is 1. The van der Waals surface area contributed by atoms with E-state index in [-0.39, 0.29) is 23.2 Å². The van der Waals surface area contributed by atoms with Crippen molar-refractivity contribution in [3.05, 3.63) is 29.8 Å². The lowest BCUT2D eigenvalue weighted by Gasteiger charge is -2.25. The predicted octanol–water partition coefficient (Wildman–Crippen LogP) is 0.783. The normalized spacial score (nSPS) is 29.6. The molecule has 3 atom stereocenters. The summed E-state index contributed by atoms with van der Waals surface area (Å²) >= 11 is 0. The van der Waals surface area contributed by atoms with Crippen LogP contribution in [0, 0.1) is 6.92 Å². The summed E-state index contributed by atoms with van der Waals surface area (Å²) in [5, 5.41) is 0. The van der Waals surface area contributed by atoms with Crippen molar-refractivity contribution in [3.63, 3.8) is 0 Å². The molecule has 6 nitrogen and oxygen atoms in total. The van der Waals surface area contributed by atoms with E-state index in [0.29, 0.717) is 6.61 Å². The van der Waals surface area contributed by atoms with Crippen molar-refractivity contribution in [2.45, 2.75) is 36.7 Å². The Labute approximate surface area is 116 Å². The highest BCUT2D eigenvalue weighted by atomic mass is 32.2. The Morgan fingerprint density at radius 2 is 1.95 bits per heavy atom. The third-order valence-electron chi connectivity index (χ3n) is 3.31. The first-order valence-electron chi connectivity index (χ1n) is 6.25. The van der Waals surface area contributed by atoms with Crippen molar-refractivity contribution in [2.24, 2.45) is 0 Å². The highest BCUT2D eigenvalue weighted by Gasteiger charge is 2.46. The van der Waals surface area contributed by atoms with Crippen LogP contribution in [-0.4, -0.2) is 39.3 Å². The van der Waals surface area contributed by atoms with E-state index in [1.807, 2.05) is 6.92 Å². The Hall–Kier alpha value is -1.28. The lowest BCUT2D eigenvalue weighted by Crippen LogP contribution is -2.43. The summed E-state index contributed by atoms with van der Waals surface area (Å²) in [5.41, 5.74) is 0.933. The third-order valence-corrected chi connectivity index (χ3v) is 4.62. The van der Waals surface area contributed by atoms with Crippen LogP contribution in [0.4, 0.5) is 0 Å². The zero-order chi connectivity index (χ0) is 14.3. The molecule has 0 N–H and O–H groups in total. The SMILES string of the molecule is Cc1ccc(S(=O)(=O)O[C@@H]2C(=O)C[C@H]3CO[C@@H]2O3)cc1. The van der Waals surface area contributed by atoms with Crippen LogP contribution in [0.1, 0.15) is 12.0 Å². The van der Waals surface area contributed by atoms with Crippen molar-refractivity contribution >= 4 is 15.9 Å². The first-order chi connectivity index (χ1) is 9.45. The second kappa shape index (κ2) is 4.92. The van der Waals surface area contributed by atoms with Crippen LogP contribution in [0.2, 0.25) is 0 Å². The number of benzene rings is 1. The molecule has 1 aromatic carbocycles. The van der Waals surface area contributed by atoms with Crippen molar-refractivity contribution in [3.8, 4) is 0 Å². The van der Waals surface area contributed by atoms with Crippen LogP contribution in [0.15, 0.2) is 29.2 Å². The van der Waals surface area contributed by atoms with Gasteiger partial charge in [0, 0.05) is 6.42 Å². The van der Waals surface area contributed by atoms with Gasteiger partial charge in [0.1, 0.15) is 0 Å². The summed E-state index contributed by atoms with van der Waals surface area (Å²) in [6.07, 6.45) is -2.32. The number of hydrogen-bond donors (Lipinski definition) is 0. The number of hydrogen-bond acceptors (Lipinski definition) is 6. The Morgan fingerprint density at radius 1 is 1.25 bits per heavy atom. The number of Topliss-reactive ketones (excluding diaryl/α,β-unsaturated/α-hetero) is 1. The highest BCUT2D eigenvalue weighted by molar-refractivity contribution is 7.86. The maximum absolute atomic E-state index is 12.1. The molecule has 108 valence electrons. The van der Waals surface area contributed by atoms with E-state index in [0.717, 1.165) is 5.56 Å². The van der Waals surface area contributed by atoms with Crippen LogP contribution in [0.25, 0.3) is 0 Å². The number of aryl methyl sites for hydroxylation is 1. The zero-order valence-corrected chi connectivity index (χ0v) is 11.6. The molecule has 2 aliphatic heterocycles. The second-order valence-corrected chi connectivity index (χ2v) is 6.49. The zero-order valence-electron chi connectivity index (χ0n) is 10.8. The van der Waals surface area contributed by atoms with Gasteiger partial charge in [0.15, 0.2) is 18.2 Å². The van der Waals surface area contributed by atoms with Crippen molar-refractivity contribution in [2.75, 3.05) is 6.61 Å². The summed E-state index contributed by atoms with van der Waals surface area (Å²) in [5.74, 6) is -0.306. The minimum atomic E-state index is -4.01. The lowest BCUT2D eigenvalue weighted by molar-refractivity contribution is -0.165. The monoisotopic (exact) mass is 298 g/mol. The molecule has 0 aliphatic carbocycles. The summed E-state index contributed by atoms with van der Waals surface area (Å²) in [4.78, 5) is 11.9. The van der Waals surface area contributed by atoms with Crippen LogP contribution in [0.5, 0.6) is 0 Å². The first kappa shape index (κ1) is 13.7. The summed E-state index contributed by atoms with van der Waals surface area (Å²) in [6, 6.07) is 6.21. The molecule has 2 fully saturated rings. The van der Waals surface area contributed by atoms with Crippen LogP contribution in [0.3, 0.4) is 0 Å². The van der Waals surface area contributed by atoms with Gasteiger partial charge in [-0.15, -0.1) is 0 Å². The topological polar surface area (TPSA) is 78.9 Å². The van der Waals surface area contributed by atoms with E-state index in [4.69, 9.17) is 13.7 Å². The molecule has 0 saturated carbocycles. The van der Waals surface area contributed by atoms with Gasteiger partial charge in [-0.1, -0.05) is 17.7 Å². The molecule has 0 amide bonds. The number of rotatable bonds is 3. The number of carbonyl (C=O) groups is 1. The summed E-state index contributed by atoms with van der Waals surface area (Å²) in [7, 11) is -4.01. The van der Waals surface area contributed by atoms with Gasteiger partial charge in [0.2, 0.25) is 0 Å². The van der Waals surface area contributed by atoms with E-state index in [9.17, 15) is 13.2 Å². The average molecular weight is 298 g/mol. The standard InChI is InChI=1S/C13H14O6S/c1-8-2-4-10(5-3-8)20(15,16)19-12-11(14)6-9-7-17-13(12)18-9/h2-5,9,12-13H,6-7H2,1H3/t9-,12+,13+/m0/s1. The summed E-state index contributed by atoms with van der Waals surface area (Å²) in [6.45, 7) is 2.14. The molecule has 2 saturated heterocycles. The van der Waals surface area contributed by atoms with Gasteiger partial charge in [0.25, 0.3) is 10.1 Å². The van der Waals surface area contributed by atoms with Crippen molar-refractivity contribution in [1.29, 1.82) is 0 Å². The first-order valence-corrected chi connectivity index (χ1v) is 7.66. The van der Waals surface area contributed by atoms with Crippen LogP contribution in [-0.2, 0) is 28.6 Å². The molecule has 0 unspecified atom stereocenters. The molecule has 2 aliphatic rings. The molecule has 3 rings (SSSR count). The Balaban J connectivity index is 1.82. The molecule has 20 heavy (non-hydrogen) atoms. The van der Waals surface area contributed by atoms with Crippen LogP contribution < -0.4 is 0 Å². The third kappa shape index (κ3) is 2.49. The Kier molecular flexibility index (Phi) is 3.37. The minimum Gasteiger partial charge on any atom is -0.347 e. The van der Waals surface area contributed by atoms with E-state index < -0.39 is 22.5 Å². The van der Waals surface area contributed by atoms with Gasteiger partial charge in [0.05, 0.1) is 17.6 Å². The number of ketones is 1. The van der Waals surface area contributed by atoms with Gasteiger partial charge in [-0.3, -0.25) is 4.79 Å². The fourth-order valence-corrected chi connectivity index (χ4v) is 3.28. The molecule has 0 radical (unpaired) electrons. The van der Waals surface area contributed by atoms with E-state index in [1.54, 1.807) is 12.1 Å². The maximum atomic E-state index is 12.1. The molecule has 0 aromatic heterocycles. The highest BCUT2D eigenvalue weighted by Crippen LogP contribution is 2.29. The van der Waals surface area contributed by atoms with Gasteiger partial charge >= 0.3 is 0 Å². The predicted molar refractivity (Wildman–Crippen MR) is 67.5 cm³/mol. The minimum absolute atomic E-state index is 0.0102. The van der Waals surface area contributed by atoms with Crippen molar-refractivity contribution < 1.29 is 26.9 Å². The fourth-order valence-electron chi connectivity index (χ4n) is 2.22. The average Bonchev–Trinajstić information content (AvgIpc) is 2.79. The fraction of sp³-hybridized carbons (Fsp3) is 0.462. The molecule has 2 bridgehead atoms. The maximum Gasteiger partial charge on any atom is 0.297 e. The summed E-state index contributed by atoms with van der Waals surface area (Å²) < 4.78 is 39.9. The van der Waals surface area contributed by atoms with Gasteiger partial charge in [-0.2, -0.15) is 8.42 Å². The van der Waals surface area contributed by atoms with E-state index in [2.05, 4.69) is 0 Å². The molecule has 1 aromatic rings. The Bertz CT molecular complexity index is 621. The number of ether oxygens (including phenoxy) is 2. The van der Waals surface area contributed by atoms with E-state index >= 15 is 0 Å². The van der Waals surface area contributed by atoms with Crippen molar-refractivity contribution in [1.82, 2.24) is 0 Å². The molecule has 2 heterocycles. The number of fused-ring (bicyclic) bond motifs is 2. The van der Waals surface area contributed by atoms with E-state index in [1.165, 1.54) is 12.1 Å². The molecular formula is C13H14O6S. The van der Waals surface area contributed by atoms with Gasteiger partial charge in [-0.05, 0) is 19.1 Å². The Morgan fingerprint density at radius 3 is 2.65 bits per heavy atom. The van der Waals surface area contributed by atoms with Gasteiger partial charge in [-0.25, -0.2) is 4.18 Å².